The fraction of sp³-hybridized carbons (Fsp3) is 0.929. The monoisotopic (exact) mass is 325 g/mol. The Hall–Kier alpha value is -0.0300. The van der Waals surface area contributed by atoms with Gasteiger partial charge in [0.15, 0.2) is 0 Å². The van der Waals surface area contributed by atoms with Crippen LogP contribution in [0.15, 0.2) is 0 Å². The van der Waals surface area contributed by atoms with Gasteiger partial charge in [-0.25, -0.2) is 0 Å². The summed E-state index contributed by atoms with van der Waals surface area (Å²) in [6.45, 7) is 4.72. The Kier molecular flexibility index (Phi) is 9.81. The first-order valence-electron chi connectivity index (χ1n) is 7.47. The van der Waals surface area contributed by atoms with E-state index in [2.05, 4.69) is 10.2 Å². The number of carbonyl (C=O) groups is 1. The predicted octanol–water partition coefficient (Wildman–Crippen LogP) is 1.95. The van der Waals surface area contributed by atoms with Gasteiger partial charge < -0.3 is 11.1 Å². The summed E-state index contributed by atoms with van der Waals surface area (Å²) in [7, 11) is 0. The molecule has 0 radical (unpaired) electrons. The normalized spacial score (nSPS) is 22.7. The maximum atomic E-state index is 12.2. The lowest BCUT2D eigenvalue weighted by Gasteiger charge is -2.28. The smallest absolute Gasteiger partial charge is 0.237 e. The molecule has 0 spiro atoms. The van der Waals surface area contributed by atoms with E-state index in [9.17, 15) is 4.79 Å². The molecule has 2 atom stereocenters. The van der Waals surface area contributed by atoms with E-state index in [1.807, 2.05) is 6.92 Å². The van der Waals surface area contributed by atoms with Gasteiger partial charge in [0.1, 0.15) is 0 Å². The second-order valence-electron chi connectivity index (χ2n) is 5.81. The van der Waals surface area contributed by atoms with Crippen LogP contribution in [-0.4, -0.2) is 42.5 Å². The van der Waals surface area contributed by atoms with Gasteiger partial charge in [0.05, 0.1) is 6.04 Å². The lowest BCUT2D eigenvalue weighted by molar-refractivity contribution is -0.126. The van der Waals surface area contributed by atoms with Gasteiger partial charge in [0.25, 0.3) is 0 Å². The molecule has 1 amide bonds. The molecule has 4 nitrogen and oxygen atoms in total. The van der Waals surface area contributed by atoms with Crippen molar-refractivity contribution in [2.24, 2.45) is 11.7 Å². The van der Waals surface area contributed by atoms with Crippen molar-refractivity contribution in [2.45, 2.75) is 57.5 Å². The van der Waals surface area contributed by atoms with Gasteiger partial charge in [-0.1, -0.05) is 12.8 Å². The first-order chi connectivity index (χ1) is 8.72. The van der Waals surface area contributed by atoms with E-state index in [-0.39, 0.29) is 42.8 Å². The third kappa shape index (κ3) is 5.76. The van der Waals surface area contributed by atoms with Crippen LogP contribution >= 0.6 is 24.8 Å². The highest BCUT2D eigenvalue weighted by Crippen LogP contribution is 2.32. The molecule has 2 aliphatic rings. The van der Waals surface area contributed by atoms with Crippen molar-refractivity contribution in [3.63, 3.8) is 0 Å². The summed E-state index contributed by atoms with van der Waals surface area (Å²) in [5.41, 5.74) is 5.74. The minimum atomic E-state index is -0.00380. The molecule has 1 heterocycles. The van der Waals surface area contributed by atoms with E-state index in [4.69, 9.17) is 5.73 Å². The third-order valence-electron chi connectivity index (χ3n) is 4.34. The van der Waals surface area contributed by atoms with E-state index < -0.39 is 0 Å². The zero-order chi connectivity index (χ0) is 13.0. The Morgan fingerprint density at radius 2 is 1.75 bits per heavy atom. The summed E-state index contributed by atoms with van der Waals surface area (Å²) in [6.07, 6.45) is 7.50. The molecule has 20 heavy (non-hydrogen) atoms. The molecular weight excluding hydrogens is 297 g/mol. The molecule has 0 bridgehead atoms. The molecule has 6 heteroatoms. The molecule has 1 saturated heterocycles. The number of amides is 1. The van der Waals surface area contributed by atoms with Crippen LogP contribution in [0.5, 0.6) is 0 Å². The number of hydrogen-bond acceptors (Lipinski definition) is 3. The maximum Gasteiger partial charge on any atom is 0.237 e. The number of nitrogens with zero attached hydrogens (tertiary/aromatic N) is 1. The Morgan fingerprint density at radius 1 is 1.20 bits per heavy atom. The largest absolute Gasteiger partial charge is 0.350 e. The predicted molar refractivity (Wildman–Crippen MR) is 87.7 cm³/mol. The molecule has 0 aromatic rings. The summed E-state index contributed by atoms with van der Waals surface area (Å²) in [4.78, 5) is 14.6. The fourth-order valence-electron chi connectivity index (χ4n) is 2.82. The van der Waals surface area contributed by atoms with Crippen LogP contribution in [0.3, 0.4) is 0 Å². The number of carbonyl (C=O) groups excluding carboxylic acids is 1. The van der Waals surface area contributed by atoms with Crippen LogP contribution in [0.1, 0.15) is 45.4 Å². The van der Waals surface area contributed by atoms with Crippen molar-refractivity contribution in [2.75, 3.05) is 19.6 Å². The first kappa shape index (κ1) is 20.0. The number of hydrogen-bond donors (Lipinski definition) is 2. The molecule has 1 aliphatic heterocycles. The minimum absolute atomic E-state index is 0. The summed E-state index contributed by atoms with van der Waals surface area (Å²) in [5, 5.41) is 3.14. The van der Waals surface area contributed by atoms with Crippen molar-refractivity contribution in [1.82, 2.24) is 10.2 Å². The highest BCUT2D eigenvalue weighted by Gasteiger charge is 2.33. The van der Waals surface area contributed by atoms with Crippen molar-refractivity contribution in [3.05, 3.63) is 0 Å². The lowest BCUT2D eigenvalue weighted by atomic mass is 10.1. The van der Waals surface area contributed by atoms with Gasteiger partial charge in [-0.05, 0) is 51.6 Å². The fourth-order valence-corrected chi connectivity index (χ4v) is 2.82. The zero-order valence-electron chi connectivity index (χ0n) is 12.3. The van der Waals surface area contributed by atoms with Crippen LogP contribution < -0.4 is 11.1 Å². The van der Waals surface area contributed by atoms with Crippen molar-refractivity contribution in [3.8, 4) is 0 Å². The quantitative estimate of drug-likeness (QED) is 0.812. The molecule has 2 unspecified atom stereocenters. The maximum absolute atomic E-state index is 12.2. The Balaban J connectivity index is 0.00000180. The zero-order valence-corrected chi connectivity index (χ0v) is 14.0. The van der Waals surface area contributed by atoms with Crippen molar-refractivity contribution < 1.29 is 4.79 Å². The van der Waals surface area contributed by atoms with E-state index in [0.29, 0.717) is 12.5 Å². The van der Waals surface area contributed by atoms with E-state index in [1.54, 1.807) is 0 Å². The van der Waals surface area contributed by atoms with Crippen LogP contribution in [0.4, 0.5) is 0 Å². The van der Waals surface area contributed by atoms with Gasteiger partial charge >= 0.3 is 0 Å². The van der Waals surface area contributed by atoms with Gasteiger partial charge in [-0.2, -0.15) is 0 Å². The molecule has 2 rings (SSSR count). The summed E-state index contributed by atoms with van der Waals surface area (Å²) < 4.78 is 0. The third-order valence-corrected chi connectivity index (χ3v) is 4.34. The summed E-state index contributed by atoms with van der Waals surface area (Å²) in [5.74, 6) is 0.800. The second kappa shape index (κ2) is 9.82. The Bertz CT molecular complexity index is 280. The number of rotatable bonds is 5. The van der Waals surface area contributed by atoms with Crippen molar-refractivity contribution >= 4 is 30.7 Å². The first-order valence-corrected chi connectivity index (χ1v) is 7.47. The SMILES string of the molecule is CC(C(=O)NC(CN)C1CC1)N1CCCCCC1.Cl.Cl. The number of likely N-dealkylation sites (tertiary alicyclic amines) is 1. The highest BCUT2D eigenvalue weighted by atomic mass is 35.5. The molecule has 1 saturated carbocycles. The molecule has 0 aromatic carbocycles. The minimum Gasteiger partial charge on any atom is -0.350 e. The molecule has 2 fully saturated rings. The molecule has 3 N–H and O–H groups in total. The standard InChI is InChI=1S/C14H27N3O.2ClH/c1-11(17-8-4-2-3-5-9-17)14(18)16-13(10-15)12-6-7-12;;/h11-13H,2-10,15H2,1H3,(H,16,18);2*1H. The Labute approximate surface area is 135 Å². The molecule has 120 valence electrons. The molecule has 0 aromatic heterocycles. The summed E-state index contributed by atoms with van der Waals surface area (Å²) >= 11 is 0. The number of nitrogens with two attached hydrogens (primary N) is 1. The van der Waals surface area contributed by atoms with E-state index >= 15 is 0 Å². The highest BCUT2D eigenvalue weighted by molar-refractivity contribution is 5.85. The number of halogens is 2. The lowest BCUT2D eigenvalue weighted by Crippen LogP contribution is -2.51. The molecular formula is C14H29Cl2N3O. The van der Waals surface area contributed by atoms with E-state index in [0.717, 1.165) is 13.1 Å². The van der Waals surface area contributed by atoms with Crippen LogP contribution in [-0.2, 0) is 4.79 Å². The summed E-state index contributed by atoms with van der Waals surface area (Å²) in [6, 6.07) is 0.197. The van der Waals surface area contributed by atoms with Crippen LogP contribution in [0.2, 0.25) is 0 Å². The molecule has 1 aliphatic carbocycles. The average Bonchev–Trinajstić information content (AvgIpc) is 3.20. The van der Waals surface area contributed by atoms with Gasteiger partial charge in [0, 0.05) is 12.6 Å². The second-order valence-corrected chi connectivity index (χ2v) is 5.81. The topological polar surface area (TPSA) is 58.4 Å². The Morgan fingerprint density at radius 3 is 2.20 bits per heavy atom. The van der Waals surface area contributed by atoms with Crippen LogP contribution in [0.25, 0.3) is 0 Å². The van der Waals surface area contributed by atoms with Gasteiger partial charge in [-0.15, -0.1) is 24.8 Å². The van der Waals surface area contributed by atoms with Gasteiger partial charge in [0.2, 0.25) is 5.91 Å². The average molecular weight is 326 g/mol. The van der Waals surface area contributed by atoms with Crippen LogP contribution in [0, 0.1) is 5.92 Å². The van der Waals surface area contributed by atoms with Gasteiger partial charge in [-0.3, -0.25) is 9.69 Å². The van der Waals surface area contributed by atoms with E-state index in [1.165, 1.54) is 38.5 Å². The van der Waals surface area contributed by atoms with Crippen molar-refractivity contribution in [1.29, 1.82) is 0 Å². The number of nitrogens with one attached hydrogen (secondary N) is 1.